The van der Waals surface area contributed by atoms with Gasteiger partial charge in [0.25, 0.3) is 0 Å². The molecule has 0 aromatic heterocycles. The largest absolute Gasteiger partial charge is 0.507 e. The molecular weight excluding hydrogens is 521 g/mol. The van der Waals surface area contributed by atoms with E-state index in [4.69, 9.17) is 5.73 Å². The van der Waals surface area contributed by atoms with Gasteiger partial charge in [-0.2, -0.15) is 13.2 Å². The van der Waals surface area contributed by atoms with Crippen LogP contribution in [0.3, 0.4) is 0 Å². The number of aliphatic hydroxyl groups is 3. The van der Waals surface area contributed by atoms with Crippen molar-refractivity contribution in [2.45, 2.75) is 63.6 Å². The van der Waals surface area contributed by atoms with Crippen LogP contribution in [-0.4, -0.2) is 70.4 Å². The number of aromatic hydroxyl groups is 1. The van der Waals surface area contributed by atoms with Crippen LogP contribution in [0.4, 0.5) is 18.9 Å². The highest BCUT2D eigenvalue weighted by Gasteiger charge is 2.57. The molecule has 216 valence electrons. The van der Waals surface area contributed by atoms with Gasteiger partial charge in [-0.3, -0.25) is 14.4 Å². The molecule has 6 N–H and O–H groups in total. The van der Waals surface area contributed by atoms with Crippen molar-refractivity contribution in [2.75, 3.05) is 25.6 Å². The minimum absolute atomic E-state index is 0.0243. The summed E-state index contributed by atoms with van der Waals surface area (Å²) in [5.41, 5.74) is 3.42. The maximum atomic E-state index is 13.7. The van der Waals surface area contributed by atoms with Crippen LogP contribution in [-0.2, 0) is 27.2 Å². The first-order chi connectivity index (χ1) is 18.0. The quantitative estimate of drug-likeness (QED) is 0.275. The molecule has 4 atom stereocenters. The summed E-state index contributed by atoms with van der Waals surface area (Å²) in [7, 11) is 3.45. The zero-order chi connectivity index (χ0) is 29.4. The second kappa shape index (κ2) is 11.2. The number of Topliss-reactive ketones (excluding diaryl/α,β-unsaturated/α-hetero) is 2. The molecular formula is C27H35F3N2O7. The first-order valence-electron chi connectivity index (χ1n) is 12.8. The van der Waals surface area contributed by atoms with Crippen molar-refractivity contribution in [1.29, 1.82) is 0 Å². The molecule has 1 aromatic carbocycles. The fourth-order valence-corrected chi connectivity index (χ4v) is 5.91. The van der Waals surface area contributed by atoms with Crippen LogP contribution in [0.15, 0.2) is 11.6 Å². The molecule has 1 amide bonds. The fraction of sp³-hybridized carbons (Fsp3) is 0.593. The molecule has 1 aromatic rings. The molecule has 2 aliphatic rings. The van der Waals surface area contributed by atoms with Gasteiger partial charge in [-0.15, -0.1) is 0 Å². The Hall–Kier alpha value is -3.12. The summed E-state index contributed by atoms with van der Waals surface area (Å²) in [5, 5.41) is 43.4. The van der Waals surface area contributed by atoms with Gasteiger partial charge in [-0.25, -0.2) is 0 Å². The lowest BCUT2D eigenvalue weighted by atomic mass is 9.61. The van der Waals surface area contributed by atoms with Crippen molar-refractivity contribution in [1.82, 2.24) is 0 Å². The number of anilines is 1. The molecule has 0 aliphatic heterocycles. The minimum Gasteiger partial charge on any atom is -0.507 e. The van der Waals surface area contributed by atoms with Gasteiger partial charge in [0.1, 0.15) is 11.5 Å². The van der Waals surface area contributed by atoms with Crippen molar-refractivity contribution in [2.24, 2.45) is 23.5 Å². The SMILES string of the molecule is CC(CCc1cc(N(C)C)c2c(c1O)C(O)=C1C(=O)[C@](O)(C(=O)CC(N)=O)[C@H](CCO)C[C@@H]1C2)CC(F)(F)F. The van der Waals surface area contributed by atoms with E-state index < -0.39 is 78.0 Å². The van der Waals surface area contributed by atoms with E-state index in [0.717, 1.165) is 0 Å². The summed E-state index contributed by atoms with van der Waals surface area (Å²) in [6.07, 6.45) is -6.02. The molecule has 3 rings (SSSR count). The number of carbonyl (C=O) groups excluding carboxylic acids is 3. The summed E-state index contributed by atoms with van der Waals surface area (Å²) in [6, 6.07) is 1.65. The number of phenolic OH excluding ortho intramolecular Hbond substituents is 1. The summed E-state index contributed by atoms with van der Waals surface area (Å²) < 4.78 is 38.4. The molecule has 9 nitrogen and oxygen atoms in total. The molecule has 0 radical (unpaired) electrons. The van der Waals surface area contributed by atoms with Crippen molar-refractivity contribution in [3.05, 3.63) is 28.3 Å². The standard InChI is InChI=1S/C27H35F3N2O7/c1-13(12-26(28,29)30)4-5-14-10-18(32(2)3)17-9-15-8-16(6-7-33)27(39,19(34)11-20(31)35)25(38)21(15)24(37)22(17)23(14)36/h10,13,15-16,33,36-37,39H,4-9,11-12H2,1-3H3,(H2,31,35)/t13?,15-,16-,27-/m1/s1. The predicted octanol–water partition coefficient (Wildman–Crippen LogP) is 2.57. The number of ketones is 2. The van der Waals surface area contributed by atoms with Crippen LogP contribution in [0.25, 0.3) is 5.76 Å². The highest BCUT2D eigenvalue weighted by atomic mass is 19.4. The molecule has 1 fully saturated rings. The van der Waals surface area contributed by atoms with E-state index in [9.17, 15) is 48.0 Å². The Balaban J connectivity index is 2.13. The van der Waals surface area contributed by atoms with Gasteiger partial charge in [0, 0.05) is 44.3 Å². The molecule has 0 saturated heterocycles. The van der Waals surface area contributed by atoms with E-state index in [1.807, 2.05) is 0 Å². The summed E-state index contributed by atoms with van der Waals surface area (Å²) >= 11 is 0. The number of nitrogens with zero attached hydrogens (tertiary/aromatic N) is 1. The Morgan fingerprint density at radius 2 is 1.90 bits per heavy atom. The fourth-order valence-electron chi connectivity index (χ4n) is 5.91. The molecule has 0 heterocycles. The summed E-state index contributed by atoms with van der Waals surface area (Å²) in [4.78, 5) is 39.7. The third-order valence-electron chi connectivity index (χ3n) is 7.77. The smallest absolute Gasteiger partial charge is 0.389 e. The second-order valence-electron chi connectivity index (χ2n) is 10.9. The second-order valence-corrected chi connectivity index (χ2v) is 10.9. The van der Waals surface area contributed by atoms with Crippen molar-refractivity contribution in [3.8, 4) is 5.75 Å². The zero-order valence-corrected chi connectivity index (χ0v) is 22.1. The number of phenols is 1. The molecule has 0 bridgehead atoms. The summed E-state index contributed by atoms with van der Waals surface area (Å²) in [6.45, 7) is 1.01. The molecule has 2 aliphatic carbocycles. The van der Waals surface area contributed by atoms with Gasteiger partial charge in [0.05, 0.1) is 12.0 Å². The van der Waals surface area contributed by atoms with Gasteiger partial charge >= 0.3 is 6.18 Å². The molecule has 39 heavy (non-hydrogen) atoms. The average molecular weight is 557 g/mol. The minimum atomic E-state index is -4.33. The van der Waals surface area contributed by atoms with Crippen LogP contribution >= 0.6 is 0 Å². The molecule has 0 spiro atoms. The van der Waals surface area contributed by atoms with Gasteiger partial charge in [-0.1, -0.05) is 6.92 Å². The van der Waals surface area contributed by atoms with Gasteiger partial charge in [0.2, 0.25) is 11.7 Å². The number of rotatable bonds is 10. The van der Waals surface area contributed by atoms with Crippen LogP contribution < -0.4 is 10.6 Å². The number of aryl methyl sites for hydroxylation is 1. The monoisotopic (exact) mass is 556 g/mol. The van der Waals surface area contributed by atoms with E-state index in [-0.39, 0.29) is 48.8 Å². The van der Waals surface area contributed by atoms with Gasteiger partial charge in [0.15, 0.2) is 11.4 Å². The number of benzene rings is 1. The number of halogens is 3. The molecule has 1 saturated carbocycles. The average Bonchev–Trinajstić information content (AvgIpc) is 2.79. The lowest BCUT2D eigenvalue weighted by Crippen LogP contribution is -2.59. The van der Waals surface area contributed by atoms with E-state index in [1.54, 1.807) is 25.1 Å². The van der Waals surface area contributed by atoms with Gasteiger partial charge < -0.3 is 31.1 Å². The van der Waals surface area contributed by atoms with E-state index >= 15 is 0 Å². The van der Waals surface area contributed by atoms with E-state index in [0.29, 0.717) is 11.3 Å². The number of primary amides is 1. The number of alkyl halides is 3. The molecule has 12 heteroatoms. The number of hydrogen-bond donors (Lipinski definition) is 5. The van der Waals surface area contributed by atoms with E-state index in [1.165, 1.54) is 6.92 Å². The van der Waals surface area contributed by atoms with Crippen molar-refractivity contribution < 1.29 is 48.0 Å². The van der Waals surface area contributed by atoms with Crippen LogP contribution in [0.2, 0.25) is 0 Å². The van der Waals surface area contributed by atoms with E-state index in [2.05, 4.69) is 0 Å². The number of hydrogen-bond acceptors (Lipinski definition) is 8. The normalized spacial score (nSPS) is 23.7. The first-order valence-corrected chi connectivity index (χ1v) is 12.8. The molecule has 1 unspecified atom stereocenters. The lowest BCUT2D eigenvalue weighted by molar-refractivity contribution is -0.160. The first kappa shape index (κ1) is 30.4. The van der Waals surface area contributed by atoms with Crippen molar-refractivity contribution in [3.63, 3.8) is 0 Å². The third-order valence-corrected chi connectivity index (χ3v) is 7.77. The summed E-state index contributed by atoms with van der Waals surface area (Å²) in [5.74, 6) is -6.80. The third kappa shape index (κ3) is 5.91. The van der Waals surface area contributed by atoms with Crippen LogP contribution in [0, 0.1) is 17.8 Å². The Morgan fingerprint density at radius 1 is 1.26 bits per heavy atom. The number of aliphatic hydroxyl groups excluding tert-OH is 2. The Morgan fingerprint density at radius 3 is 2.44 bits per heavy atom. The highest BCUT2D eigenvalue weighted by Crippen LogP contribution is 2.51. The Labute approximate surface area is 224 Å². The maximum Gasteiger partial charge on any atom is 0.389 e. The topological polar surface area (TPSA) is 161 Å². The Kier molecular flexibility index (Phi) is 8.71. The number of carbonyl (C=O) groups is 3. The maximum absolute atomic E-state index is 13.7. The van der Waals surface area contributed by atoms with Crippen LogP contribution in [0.5, 0.6) is 5.75 Å². The number of fused-ring (bicyclic) bond motifs is 2. The Bertz CT molecular complexity index is 1190. The van der Waals surface area contributed by atoms with Crippen LogP contribution in [0.1, 0.15) is 55.7 Å². The zero-order valence-electron chi connectivity index (χ0n) is 22.1. The highest BCUT2D eigenvalue weighted by molar-refractivity contribution is 6.23. The predicted molar refractivity (Wildman–Crippen MR) is 136 cm³/mol. The van der Waals surface area contributed by atoms with Crippen molar-refractivity contribution >= 4 is 28.9 Å². The van der Waals surface area contributed by atoms with Gasteiger partial charge in [-0.05, 0) is 61.1 Å². The lowest BCUT2D eigenvalue weighted by Gasteiger charge is -2.44. The number of nitrogens with two attached hydrogens (primary N) is 1. The number of amides is 1.